The summed E-state index contributed by atoms with van der Waals surface area (Å²) in [5.41, 5.74) is 2.95. The van der Waals surface area contributed by atoms with Crippen molar-refractivity contribution in [2.75, 3.05) is 11.9 Å². The lowest BCUT2D eigenvalue weighted by atomic mass is 9.89. The summed E-state index contributed by atoms with van der Waals surface area (Å²) in [4.78, 5) is 9.25. The van der Waals surface area contributed by atoms with Crippen molar-refractivity contribution in [3.05, 3.63) is 23.7 Å². The van der Waals surface area contributed by atoms with Crippen LogP contribution in [-0.4, -0.2) is 26.3 Å². The van der Waals surface area contributed by atoms with Gasteiger partial charge in [0.25, 0.3) is 0 Å². The summed E-state index contributed by atoms with van der Waals surface area (Å²) < 4.78 is 1.83. The first-order valence-corrected chi connectivity index (χ1v) is 7.45. The van der Waals surface area contributed by atoms with Crippen molar-refractivity contribution in [2.24, 2.45) is 7.05 Å². The van der Waals surface area contributed by atoms with Crippen molar-refractivity contribution in [1.29, 1.82) is 0 Å². The molecule has 0 aliphatic rings. The molecule has 0 atom stereocenters. The lowest BCUT2D eigenvalue weighted by Crippen LogP contribution is -2.14. The summed E-state index contributed by atoms with van der Waals surface area (Å²) in [6, 6.07) is 1.98. The third-order valence-corrected chi connectivity index (χ3v) is 3.19. The second kappa shape index (κ2) is 5.84. The van der Waals surface area contributed by atoms with E-state index in [1.165, 1.54) is 0 Å². The number of aromatic nitrogens is 4. The molecule has 0 unspecified atom stereocenters. The Labute approximate surface area is 126 Å². The molecule has 0 aliphatic heterocycles. The molecule has 0 aromatic carbocycles. The van der Waals surface area contributed by atoms with Gasteiger partial charge in [-0.1, -0.05) is 27.7 Å². The predicted molar refractivity (Wildman–Crippen MR) is 86.5 cm³/mol. The molecule has 0 radical (unpaired) electrons. The number of hydrogen-bond acceptors (Lipinski definition) is 4. The van der Waals surface area contributed by atoms with Crippen LogP contribution >= 0.6 is 0 Å². The normalized spacial score (nSPS) is 11.7. The summed E-state index contributed by atoms with van der Waals surface area (Å²) in [5.74, 6) is 1.62. The highest BCUT2D eigenvalue weighted by Gasteiger charge is 2.24. The van der Waals surface area contributed by atoms with Gasteiger partial charge < -0.3 is 5.32 Å². The Kier molecular flexibility index (Phi) is 4.30. The molecule has 0 aliphatic carbocycles. The molecule has 2 aromatic rings. The number of nitrogens with zero attached hydrogens (tertiary/aromatic N) is 4. The van der Waals surface area contributed by atoms with Crippen LogP contribution in [0.25, 0.3) is 11.4 Å². The Bertz CT molecular complexity index is 622. The van der Waals surface area contributed by atoms with Gasteiger partial charge in [0.2, 0.25) is 0 Å². The Hall–Kier alpha value is -1.91. The van der Waals surface area contributed by atoms with E-state index < -0.39 is 0 Å². The van der Waals surface area contributed by atoms with Crippen LogP contribution in [0.1, 0.15) is 45.5 Å². The van der Waals surface area contributed by atoms with Crippen LogP contribution < -0.4 is 5.32 Å². The summed E-state index contributed by atoms with van der Waals surface area (Å²) in [5, 5.41) is 7.93. The Morgan fingerprint density at radius 2 is 1.95 bits per heavy atom. The van der Waals surface area contributed by atoms with Crippen LogP contribution in [-0.2, 0) is 12.5 Å². The molecule has 21 heavy (non-hydrogen) atoms. The molecule has 0 bridgehead atoms. The Balaban J connectivity index is 2.49. The van der Waals surface area contributed by atoms with Gasteiger partial charge in [0.1, 0.15) is 5.82 Å². The molecular weight excluding hydrogens is 262 g/mol. The zero-order valence-corrected chi connectivity index (χ0v) is 13.9. The largest absolute Gasteiger partial charge is 0.370 e. The first-order chi connectivity index (χ1) is 9.81. The summed E-state index contributed by atoms with van der Waals surface area (Å²) in [6.07, 6.45) is 3.07. The highest BCUT2D eigenvalue weighted by molar-refractivity contribution is 5.61. The fourth-order valence-corrected chi connectivity index (χ4v) is 2.24. The molecule has 0 saturated carbocycles. The smallest absolute Gasteiger partial charge is 0.165 e. The summed E-state index contributed by atoms with van der Waals surface area (Å²) in [7, 11) is 1.94. The first kappa shape index (κ1) is 15.5. The van der Waals surface area contributed by atoms with Crippen LogP contribution in [0.4, 0.5) is 5.82 Å². The number of nitrogens with one attached hydrogen (secondary N) is 1. The van der Waals surface area contributed by atoms with E-state index in [1.54, 1.807) is 0 Å². The number of anilines is 1. The summed E-state index contributed by atoms with van der Waals surface area (Å²) in [6.45, 7) is 11.5. The zero-order valence-electron chi connectivity index (χ0n) is 13.9. The zero-order chi connectivity index (χ0) is 15.6. The maximum absolute atomic E-state index is 4.65. The maximum atomic E-state index is 4.65. The van der Waals surface area contributed by atoms with Gasteiger partial charge in [-0.15, -0.1) is 0 Å². The number of hydrogen-bond donors (Lipinski definition) is 1. The van der Waals surface area contributed by atoms with E-state index in [0.29, 0.717) is 0 Å². The molecule has 2 aromatic heterocycles. The minimum absolute atomic E-state index is 0.0410. The van der Waals surface area contributed by atoms with Crippen molar-refractivity contribution in [3.63, 3.8) is 0 Å². The van der Waals surface area contributed by atoms with Crippen molar-refractivity contribution in [1.82, 2.24) is 19.7 Å². The maximum Gasteiger partial charge on any atom is 0.165 e. The average Bonchev–Trinajstić information content (AvgIpc) is 2.78. The molecule has 5 heteroatoms. The van der Waals surface area contributed by atoms with E-state index in [-0.39, 0.29) is 5.41 Å². The topological polar surface area (TPSA) is 55.6 Å². The van der Waals surface area contributed by atoms with Crippen molar-refractivity contribution >= 4 is 5.82 Å². The van der Waals surface area contributed by atoms with Crippen molar-refractivity contribution in [2.45, 2.75) is 46.5 Å². The van der Waals surface area contributed by atoms with Gasteiger partial charge in [-0.25, -0.2) is 9.97 Å². The van der Waals surface area contributed by atoms with Crippen LogP contribution in [0.3, 0.4) is 0 Å². The molecule has 5 nitrogen and oxygen atoms in total. The van der Waals surface area contributed by atoms with Crippen LogP contribution in [0, 0.1) is 6.92 Å². The van der Waals surface area contributed by atoms with E-state index in [4.69, 9.17) is 0 Å². The predicted octanol–water partition coefficient (Wildman–Crippen LogP) is 3.30. The molecule has 114 valence electrons. The highest BCUT2D eigenvalue weighted by atomic mass is 15.3. The van der Waals surface area contributed by atoms with Crippen LogP contribution in [0.15, 0.2) is 12.3 Å². The molecule has 2 heterocycles. The minimum atomic E-state index is -0.0410. The Morgan fingerprint density at radius 1 is 1.24 bits per heavy atom. The summed E-state index contributed by atoms with van der Waals surface area (Å²) >= 11 is 0. The number of aryl methyl sites for hydroxylation is 2. The average molecular weight is 287 g/mol. The van der Waals surface area contributed by atoms with Gasteiger partial charge in [0, 0.05) is 37.0 Å². The van der Waals surface area contributed by atoms with Crippen molar-refractivity contribution in [3.8, 4) is 11.4 Å². The second-order valence-electron chi connectivity index (χ2n) is 6.46. The van der Waals surface area contributed by atoms with Crippen LogP contribution in [0.5, 0.6) is 0 Å². The molecular formula is C16H25N5. The monoisotopic (exact) mass is 287 g/mol. The van der Waals surface area contributed by atoms with Crippen LogP contribution in [0.2, 0.25) is 0 Å². The molecule has 0 saturated heterocycles. The second-order valence-corrected chi connectivity index (χ2v) is 6.46. The Morgan fingerprint density at radius 3 is 2.57 bits per heavy atom. The van der Waals surface area contributed by atoms with E-state index in [2.05, 4.69) is 48.1 Å². The number of rotatable bonds is 4. The van der Waals surface area contributed by atoms with Gasteiger partial charge in [-0.05, 0) is 13.3 Å². The minimum Gasteiger partial charge on any atom is -0.370 e. The van der Waals surface area contributed by atoms with Gasteiger partial charge in [-0.3, -0.25) is 4.68 Å². The molecule has 2 rings (SSSR count). The fourth-order valence-electron chi connectivity index (χ4n) is 2.24. The quantitative estimate of drug-likeness (QED) is 0.937. The van der Waals surface area contributed by atoms with E-state index in [9.17, 15) is 0 Å². The third kappa shape index (κ3) is 3.60. The third-order valence-electron chi connectivity index (χ3n) is 3.19. The van der Waals surface area contributed by atoms with Gasteiger partial charge >= 0.3 is 0 Å². The molecule has 0 spiro atoms. The van der Waals surface area contributed by atoms with Crippen molar-refractivity contribution < 1.29 is 0 Å². The molecule has 1 N–H and O–H groups in total. The first-order valence-electron chi connectivity index (χ1n) is 7.45. The molecule has 0 amide bonds. The van der Waals surface area contributed by atoms with E-state index >= 15 is 0 Å². The lowest BCUT2D eigenvalue weighted by molar-refractivity contribution is 0.554. The molecule has 0 fully saturated rings. The standard InChI is InChI=1S/C16H25N5/c1-7-8-17-13-9-11(2)18-15(19-13)12-10-21(6)20-14(12)16(3,4)5/h9-10H,7-8H2,1-6H3,(H,17,18,19). The fraction of sp³-hybridized carbons (Fsp3) is 0.562. The van der Waals surface area contributed by atoms with E-state index in [0.717, 1.165) is 41.6 Å². The highest BCUT2D eigenvalue weighted by Crippen LogP contribution is 2.30. The lowest BCUT2D eigenvalue weighted by Gasteiger charge is -2.17. The van der Waals surface area contributed by atoms with E-state index in [1.807, 2.05) is 30.9 Å². The SMILES string of the molecule is CCCNc1cc(C)nc(-c2cn(C)nc2C(C)(C)C)n1. The van der Waals surface area contributed by atoms with Gasteiger partial charge in [0.05, 0.1) is 11.3 Å². The van der Waals surface area contributed by atoms with Gasteiger partial charge in [-0.2, -0.15) is 5.10 Å². The van der Waals surface area contributed by atoms with Gasteiger partial charge in [0.15, 0.2) is 5.82 Å².